The summed E-state index contributed by atoms with van der Waals surface area (Å²) in [4.78, 5) is 0. The van der Waals surface area contributed by atoms with Crippen molar-refractivity contribution in [2.45, 2.75) is 20.4 Å². The first-order chi connectivity index (χ1) is 8.13. The van der Waals surface area contributed by atoms with E-state index in [9.17, 15) is 0 Å². The van der Waals surface area contributed by atoms with Gasteiger partial charge in [-0.2, -0.15) is 0 Å². The SMILES string of the molecule is Cc1cccc(-c2ccc(Cl)c(CN)c2)c1C. The van der Waals surface area contributed by atoms with E-state index in [4.69, 9.17) is 17.3 Å². The Labute approximate surface area is 107 Å². The Balaban J connectivity index is 2.57. The number of aryl methyl sites for hydroxylation is 1. The van der Waals surface area contributed by atoms with Crippen LogP contribution in [0.4, 0.5) is 0 Å². The minimum absolute atomic E-state index is 0.470. The third kappa shape index (κ3) is 2.36. The molecule has 0 aliphatic carbocycles. The Morgan fingerprint density at radius 3 is 2.59 bits per heavy atom. The predicted molar refractivity (Wildman–Crippen MR) is 74.3 cm³/mol. The Bertz CT molecular complexity index is 547. The number of hydrogen-bond donors (Lipinski definition) is 1. The first-order valence-electron chi connectivity index (χ1n) is 5.68. The molecule has 88 valence electrons. The molecule has 0 saturated heterocycles. The maximum absolute atomic E-state index is 6.07. The van der Waals surface area contributed by atoms with Crippen molar-refractivity contribution in [1.82, 2.24) is 0 Å². The number of halogens is 1. The predicted octanol–water partition coefficient (Wildman–Crippen LogP) is 4.08. The van der Waals surface area contributed by atoms with Gasteiger partial charge in [0, 0.05) is 11.6 Å². The summed E-state index contributed by atoms with van der Waals surface area (Å²) in [5.41, 5.74) is 11.7. The van der Waals surface area contributed by atoms with Gasteiger partial charge < -0.3 is 5.73 Å². The van der Waals surface area contributed by atoms with Gasteiger partial charge >= 0.3 is 0 Å². The molecule has 0 fully saturated rings. The van der Waals surface area contributed by atoms with Gasteiger partial charge in [-0.25, -0.2) is 0 Å². The van der Waals surface area contributed by atoms with Crippen molar-refractivity contribution in [3.05, 3.63) is 58.1 Å². The van der Waals surface area contributed by atoms with Gasteiger partial charge in [-0.15, -0.1) is 0 Å². The third-order valence-corrected chi connectivity index (χ3v) is 3.55. The van der Waals surface area contributed by atoms with Crippen LogP contribution in [0.15, 0.2) is 36.4 Å². The van der Waals surface area contributed by atoms with Crippen molar-refractivity contribution < 1.29 is 0 Å². The second-order valence-electron chi connectivity index (χ2n) is 4.26. The molecular weight excluding hydrogens is 230 g/mol. The van der Waals surface area contributed by atoms with Crippen LogP contribution >= 0.6 is 11.6 Å². The smallest absolute Gasteiger partial charge is 0.0451 e. The van der Waals surface area contributed by atoms with Gasteiger partial charge in [0.1, 0.15) is 0 Å². The topological polar surface area (TPSA) is 26.0 Å². The third-order valence-electron chi connectivity index (χ3n) is 3.18. The standard InChI is InChI=1S/C15H16ClN/c1-10-4-3-5-14(11(10)2)12-6-7-15(16)13(8-12)9-17/h3-8H,9,17H2,1-2H3. The molecule has 1 nitrogen and oxygen atoms in total. The van der Waals surface area contributed by atoms with Crippen LogP contribution in [0.2, 0.25) is 5.02 Å². The molecule has 0 amide bonds. The van der Waals surface area contributed by atoms with Crippen LogP contribution in [0, 0.1) is 13.8 Å². The summed E-state index contributed by atoms with van der Waals surface area (Å²) in [7, 11) is 0. The van der Waals surface area contributed by atoms with E-state index in [-0.39, 0.29) is 0 Å². The zero-order valence-corrected chi connectivity index (χ0v) is 10.9. The molecule has 0 atom stereocenters. The van der Waals surface area contributed by atoms with Crippen molar-refractivity contribution in [3.63, 3.8) is 0 Å². The molecule has 0 bridgehead atoms. The van der Waals surface area contributed by atoms with E-state index in [2.05, 4.69) is 38.1 Å². The number of hydrogen-bond acceptors (Lipinski definition) is 1. The molecule has 2 heteroatoms. The molecule has 0 aromatic heterocycles. The quantitative estimate of drug-likeness (QED) is 0.848. The fraction of sp³-hybridized carbons (Fsp3) is 0.200. The summed E-state index contributed by atoms with van der Waals surface area (Å²) in [6.07, 6.45) is 0. The number of rotatable bonds is 2. The average molecular weight is 246 g/mol. The van der Waals surface area contributed by atoms with Crippen molar-refractivity contribution in [1.29, 1.82) is 0 Å². The summed E-state index contributed by atoms with van der Waals surface area (Å²) in [5, 5.41) is 0.738. The van der Waals surface area contributed by atoms with Gasteiger partial charge in [-0.05, 0) is 53.8 Å². The second-order valence-corrected chi connectivity index (χ2v) is 4.66. The maximum Gasteiger partial charge on any atom is 0.0451 e. The average Bonchev–Trinajstić information content (AvgIpc) is 2.34. The Hall–Kier alpha value is -1.31. The lowest BCUT2D eigenvalue weighted by molar-refractivity contribution is 1.07. The highest BCUT2D eigenvalue weighted by Gasteiger charge is 2.06. The molecular formula is C15H16ClN. The largest absolute Gasteiger partial charge is 0.326 e. The fourth-order valence-electron chi connectivity index (χ4n) is 1.96. The van der Waals surface area contributed by atoms with Crippen molar-refractivity contribution in [3.8, 4) is 11.1 Å². The minimum atomic E-state index is 0.470. The number of benzene rings is 2. The maximum atomic E-state index is 6.07. The van der Waals surface area contributed by atoms with Gasteiger partial charge in [0.2, 0.25) is 0 Å². The van der Waals surface area contributed by atoms with Crippen LogP contribution < -0.4 is 5.73 Å². The fourth-order valence-corrected chi connectivity index (χ4v) is 2.16. The van der Waals surface area contributed by atoms with Crippen molar-refractivity contribution >= 4 is 11.6 Å². The summed E-state index contributed by atoms with van der Waals surface area (Å²) in [6.45, 7) is 4.73. The van der Waals surface area contributed by atoms with Gasteiger partial charge in [0.15, 0.2) is 0 Å². The van der Waals surface area contributed by atoms with Crippen molar-refractivity contribution in [2.24, 2.45) is 5.73 Å². The monoisotopic (exact) mass is 245 g/mol. The Morgan fingerprint density at radius 1 is 1.12 bits per heavy atom. The van der Waals surface area contributed by atoms with Crippen molar-refractivity contribution in [2.75, 3.05) is 0 Å². The molecule has 2 rings (SSSR count). The van der Waals surface area contributed by atoms with Crippen LogP contribution in [-0.4, -0.2) is 0 Å². The molecule has 2 aromatic rings. The van der Waals surface area contributed by atoms with Gasteiger partial charge in [0.25, 0.3) is 0 Å². The van der Waals surface area contributed by atoms with Gasteiger partial charge in [-0.1, -0.05) is 35.9 Å². The molecule has 0 aliphatic rings. The molecule has 0 unspecified atom stereocenters. The normalized spacial score (nSPS) is 10.6. The summed E-state index contributed by atoms with van der Waals surface area (Å²) in [6, 6.07) is 12.4. The zero-order chi connectivity index (χ0) is 12.4. The minimum Gasteiger partial charge on any atom is -0.326 e. The van der Waals surface area contributed by atoms with Crippen LogP contribution in [0.5, 0.6) is 0 Å². The highest BCUT2D eigenvalue weighted by molar-refractivity contribution is 6.31. The van der Waals surface area contributed by atoms with Crippen LogP contribution in [0.3, 0.4) is 0 Å². The first-order valence-corrected chi connectivity index (χ1v) is 6.06. The Kier molecular flexibility index (Phi) is 3.51. The molecule has 0 heterocycles. The van der Waals surface area contributed by atoms with Crippen LogP contribution in [-0.2, 0) is 6.54 Å². The van der Waals surface area contributed by atoms with Gasteiger partial charge in [0.05, 0.1) is 0 Å². The summed E-state index contributed by atoms with van der Waals surface area (Å²) >= 11 is 6.07. The molecule has 0 aliphatic heterocycles. The highest BCUT2D eigenvalue weighted by atomic mass is 35.5. The van der Waals surface area contributed by atoms with E-state index >= 15 is 0 Å². The summed E-state index contributed by atoms with van der Waals surface area (Å²) in [5.74, 6) is 0. The first kappa shape index (κ1) is 12.2. The highest BCUT2D eigenvalue weighted by Crippen LogP contribution is 2.28. The van der Waals surface area contributed by atoms with E-state index in [0.717, 1.165) is 10.6 Å². The van der Waals surface area contributed by atoms with E-state index in [1.54, 1.807) is 0 Å². The number of nitrogens with two attached hydrogens (primary N) is 1. The Morgan fingerprint density at radius 2 is 1.88 bits per heavy atom. The van der Waals surface area contributed by atoms with Crippen LogP contribution in [0.25, 0.3) is 11.1 Å². The summed E-state index contributed by atoms with van der Waals surface area (Å²) < 4.78 is 0. The second kappa shape index (κ2) is 4.91. The lowest BCUT2D eigenvalue weighted by Gasteiger charge is -2.10. The van der Waals surface area contributed by atoms with Gasteiger partial charge in [-0.3, -0.25) is 0 Å². The molecule has 2 N–H and O–H groups in total. The molecule has 0 radical (unpaired) electrons. The van der Waals surface area contributed by atoms with E-state index < -0.39 is 0 Å². The molecule has 0 spiro atoms. The lowest BCUT2D eigenvalue weighted by atomic mass is 9.96. The van der Waals surface area contributed by atoms with E-state index in [1.165, 1.54) is 22.3 Å². The molecule has 2 aromatic carbocycles. The van der Waals surface area contributed by atoms with Crippen LogP contribution in [0.1, 0.15) is 16.7 Å². The van der Waals surface area contributed by atoms with E-state index in [1.807, 2.05) is 12.1 Å². The molecule has 0 saturated carbocycles. The lowest BCUT2D eigenvalue weighted by Crippen LogP contribution is -1.97. The zero-order valence-electron chi connectivity index (χ0n) is 10.1. The molecule has 17 heavy (non-hydrogen) atoms. The van der Waals surface area contributed by atoms with E-state index in [0.29, 0.717) is 6.54 Å².